The number of hydrogen-bond acceptors (Lipinski definition) is 3. The Balaban J connectivity index is -0.000000569. The van der Waals surface area contributed by atoms with Crippen LogP contribution in [0.2, 0.25) is 0 Å². The van der Waals surface area contributed by atoms with E-state index in [1.807, 2.05) is 13.8 Å². The molecule has 2 aliphatic rings. The maximum atomic E-state index is 12.3. The fraction of sp³-hybridized carbons (Fsp3) is 0.842. The van der Waals surface area contributed by atoms with Crippen LogP contribution in [-0.2, 0) is 4.79 Å². The van der Waals surface area contributed by atoms with Crippen molar-refractivity contribution in [1.82, 2.24) is 9.80 Å². The molecule has 0 aromatic heterocycles. The average molecular weight is 453 g/mol. The van der Waals surface area contributed by atoms with E-state index in [9.17, 15) is 4.79 Å². The molecule has 144 valence electrons. The van der Waals surface area contributed by atoms with Crippen LogP contribution in [-0.4, -0.2) is 55.0 Å². The monoisotopic (exact) mass is 453 g/mol. The lowest BCUT2D eigenvalue weighted by atomic mass is 9.88. The molecular formula is C19H40IN3O. The van der Waals surface area contributed by atoms with Crippen LogP contribution in [0.5, 0.6) is 0 Å². The highest BCUT2D eigenvalue weighted by Crippen LogP contribution is 2.25. The lowest BCUT2D eigenvalue weighted by molar-refractivity contribution is -0.138. The molecule has 1 amide bonds. The predicted octanol–water partition coefficient (Wildman–Crippen LogP) is 3.59. The van der Waals surface area contributed by atoms with E-state index < -0.39 is 0 Å². The molecule has 4 nitrogen and oxygen atoms in total. The van der Waals surface area contributed by atoms with Gasteiger partial charge in [-0.3, -0.25) is 9.69 Å². The first-order chi connectivity index (χ1) is 11.2. The summed E-state index contributed by atoms with van der Waals surface area (Å²) >= 11 is 0. The smallest absolute Gasteiger partial charge is 0.225 e. The van der Waals surface area contributed by atoms with Crippen molar-refractivity contribution in [2.45, 2.75) is 65.8 Å². The summed E-state index contributed by atoms with van der Waals surface area (Å²) < 4.78 is 0. The van der Waals surface area contributed by atoms with Gasteiger partial charge in [0.05, 0.1) is 0 Å². The number of halogens is 1. The van der Waals surface area contributed by atoms with Crippen molar-refractivity contribution in [3.63, 3.8) is 0 Å². The Bertz CT molecular complexity index is 294. The molecule has 2 N–H and O–H groups in total. The number of carbonyl (C=O) groups excluding carboxylic acids is 1. The van der Waals surface area contributed by atoms with Gasteiger partial charge in [-0.25, -0.2) is 0 Å². The van der Waals surface area contributed by atoms with Crippen LogP contribution in [0.15, 0.2) is 0 Å². The van der Waals surface area contributed by atoms with E-state index in [0.29, 0.717) is 17.9 Å². The molecule has 1 heterocycles. The number of amides is 1. The van der Waals surface area contributed by atoms with Gasteiger partial charge >= 0.3 is 0 Å². The molecule has 0 aromatic rings. The second-order valence-electron chi connectivity index (χ2n) is 5.79. The summed E-state index contributed by atoms with van der Waals surface area (Å²) in [5.41, 5.74) is 4.50. The summed E-state index contributed by atoms with van der Waals surface area (Å²) in [6.45, 7) is 12.4. The topological polar surface area (TPSA) is 49.6 Å². The molecule has 0 spiro atoms. The Kier molecular flexibility index (Phi) is 22.6. The van der Waals surface area contributed by atoms with Gasteiger partial charge in [-0.05, 0) is 33.7 Å². The molecule has 0 bridgehead atoms. The Hall–Kier alpha value is -0.320. The van der Waals surface area contributed by atoms with Gasteiger partial charge in [0.1, 0.15) is 0 Å². The summed E-state index contributed by atoms with van der Waals surface area (Å²) in [7, 11) is 1.50. The first kappa shape index (κ1) is 28.5. The molecular weight excluding hydrogens is 413 g/mol. The van der Waals surface area contributed by atoms with E-state index in [4.69, 9.17) is 0 Å². The molecule has 0 radical (unpaired) electrons. The standard InChI is InChI=1S/C14H26N2O.C2H6.C2H2.CH5N.HI/c1-12(2)15-8-10-16(11-9-15)14(17)13-6-4-3-5-7-13;3*1-2;/h12-13H,3-11H2,1-2H3;1-2H3;1-2H;2H2,1H3;1H. The van der Waals surface area contributed by atoms with Crippen molar-refractivity contribution in [3.05, 3.63) is 0 Å². The highest BCUT2D eigenvalue weighted by atomic mass is 127. The fourth-order valence-electron chi connectivity index (χ4n) is 3.07. The number of nitrogens with two attached hydrogens (primary N) is 1. The van der Waals surface area contributed by atoms with Crippen LogP contribution < -0.4 is 5.73 Å². The quantitative estimate of drug-likeness (QED) is 0.514. The molecule has 1 saturated heterocycles. The van der Waals surface area contributed by atoms with Gasteiger partial charge in [0.2, 0.25) is 5.91 Å². The maximum Gasteiger partial charge on any atom is 0.225 e. The Morgan fingerprint density at radius 3 is 1.75 bits per heavy atom. The van der Waals surface area contributed by atoms with Gasteiger partial charge in [0.15, 0.2) is 0 Å². The van der Waals surface area contributed by atoms with Crippen molar-refractivity contribution >= 4 is 29.9 Å². The minimum atomic E-state index is 0. The average Bonchev–Trinajstić information content (AvgIpc) is 2.67. The summed E-state index contributed by atoms with van der Waals surface area (Å²) in [6.07, 6.45) is 14.1. The highest BCUT2D eigenvalue weighted by Gasteiger charge is 2.28. The second-order valence-corrected chi connectivity index (χ2v) is 5.79. The molecule has 1 aliphatic carbocycles. The largest absolute Gasteiger partial charge is 0.340 e. The molecule has 2 rings (SSSR count). The summed E-state index contributed by atoms with van der Waals surface area (Å²) in [5, 5.41) is 0. The normalized spacial score (nSPS) is 17.8. The minimum Gasteiger partial charge on any atom is -0.340 e. The predicted molar refractivity (Wildman–Crippen MR) is 117 cm³/mol. The Morgan fingerprint density at radius 2 is 1.38 bits per heavy atom. The van der Waals surface area contributed by atoms with Gasteiger partial charge in [-0.2, -0.15) is 0 Å². The summed E-state index contributed by atoms with van der Waals surface area (Å²) in [5.74, 6) is 0.780. The molecule has 2 fully saturated rings. The van der Waals surface area contributed by atoms with Gasteiger partial charge < -0.3 is 10.6 Å². The van der Waals surface area contributed by atoms with E-state index >= 15 is 0 Å². The molecule has 1 aliphatic heterocycles. The first-order valence-electron chi connectivity index (χ1n) is 9.12. The Morgan fingerprint density at radius 1 is 0.958 bits per heavy atom. The van der Waals surface area contributed by atoms with Gasteiger partial charge in [0, 0.05) is 38.1 Å². The van der Waals surface area contributed by atoms with Crippen molar-refractivity contribution in [2.75, 3.05) is 33.2 Å². The number of piperazine rings is 1. The molecule has 5 heteroatoms. The third-order valence-electron chi connectivity index (χ3n) is 4.31. The molecule has 1 saturated carbocycles. The van der Waals surface area contributed by atoms with Crippen molar-refractivity contribution in [1.29, 1.82) is 0 Å². The zero-order valence-electron chi connectivity index (χ0n) is 16.5. The second kappa shape index (κ2) is 19.0. The lowest BCUT2D eigenvalue weighted by Crippen LogP contribution is -2.52. The molecule has 0 unspecified atom stereocenters. The van der Waals surface area contributed by atoms with Crippen LogP contribution in [0.3, 0.4) is 0 Å². The molecule has 0 aromatic carbocycles. The first-order valence-corrected chi connectivity index (χ1v) is 9.12. The van der Waals surface area contributed by atoms with Crippen LogP contribution >= 0.6 is 24.0 Å². The number of nitrogens with zero attached hydrogens (tertiary/aromatic N) is 2. The van der Waals surface area contributed by atoms with Crippen LogP contribution in [0, 0.1) is 18.8 Å². The SMILES string of the molecule is C#C.CC.CC(C)N1CCN(C(=O)C2CCCCC2)CC1.CN.I. The van der Waals surface area contributed by atoms with Crippen molar-refractivity contribution < 1.29 is 4.79 Å². The fourth-order valence-corrected chi connectivity index (χ4v) is 3.07. The third-order valence-corrected chi connectivity index (χ3v) is 4.31. The summed E-state index contributed by atoms with van der Waals surface area (Å²) in [6, 6.07) is 0.613. The van der Waals surface area contributed by atoms with E-state index in [2.05, 4.69) is 42.2 Å². The lowest BCUT2D eigenvalue weighted by Gasteiger charge is -2.38. The number of carbonyl (C=O) groups is 1. The number of rotatable bonds is 2. The number of terminal acetylenes is 1. The number of hydrogen-bond donors (Lipinski definition) is 1. The van der Waals surface area contributed by atoms with E-state index in [1.165, 1.54) is 26.3 Å². The van der Waals surface area contributed by atoms with Crippen LogP contribution in [0.1, 0.15) is 59.8 Å². The van der Waals surface area contributed by atoms with Crippen LogP contribution in [0.25, 0.3) is 0 Å². The van der Waals surface area contributed by atoms with Gasteiger partial charge in [-0.15, -0.1) is 36.8 Å². The van der Waals surface area contributed by atoms with E-state index in [0.717, 1.165) is 39.0 Å². The van der Waals surface area contributed by atoms with E-state index in [-0.39, 0.29) is 24.0 Å². The minimum absolute atomic E-state index is 0. The van der Waals surface area contributed by atoms with Crippen LogP contribution in [0.4, 0.5) is 0 Å². The maximum absolute atomic E-state index is 12.3. The van der Waals surface area contributed by atoms with Gasteiger partial charge in [0.25, 0.3) is 0 Å². The van der Waals surface area contributed by atoms with E-state index in [1.54, 1.807) is 0 Å². The van der Waals surface area contributed by atoms with Crippen molar-refractivity contribution in [3.8, 4) is 12.8 Å². The highest BCUT2D eigenvalue weighted by molar-refractivity contribution is 14.0. The molecule has 24 heavy (non-hydrogen) atoms. The Labute approximate surface area is 167 Å². The summed E-state index contributed by atoms with van der Waals surface area (Å²) in [4.78, 5) is 16.9. The zero-order valence-corrected chi connectivity index (χ0v) is 18.8. The van der Waals surface area contributed by atoms with Crippen molar-refractivity contribution in [2.24, 2.45) is 11.7 Å². The third kappa shape index (κ3) is 10.5. The molecule has 0 atom stereocenters. The zero-order chi connectivity index (χ0) is 18.3. The van der Waals surface area contributed by atoms with Gasteiger partial charge in [-0.1, -0.05) is 33.1 Å².